The van der Waals surface area contributed by atoms with Crippen molar-refractivity contribution >= 4 is 11.4 Å². The average molecular weight is 287 g/mol. The molecule has 1 N–H and O–H groups in total. The normalized spacial score (nSPS) is 10.9. The number of nitro benzene ring substituents is 1. The summed E-state index contributed by atoms with van der Waals surface area (Å²) in [5.41, 5.74) is -1.86. The van der Waals surface area contributed by atoms with Crippen LogP contribution in [-0.2, 0) is 6.18 Å². The van der Waals surface area contributed by atoms with Crippen LogP contribution in [0, 0.1) is 21.4 Å². The molecule has 0 atom stereocenters. The first kappa shape index (κ1) is 15.8. The second kappa shape index (κ2) is 6.75. The lowest BCUT2D eigenvalue weighted by atomic mass is 10.1. The zero-order valence-electron chi connectivity index (χ0n) is 10.4. The van der Waals surface area contributed by atoms with Gasteiger partial charge in [0.15, 0.2) is 0 Å². The number of alkyl halides is 3. The Morgan fingerprint density at radius 1 is 1.35 bits per heavy atom. The molecule has 1 rings (SSSR count). The molecule has 0 spiro atoms. The van der Waals surface area contributed by atoms with Crippen LogP contribution in [-0.4, -0.2) is 11.5 Å². The summed E-state index contributed by atoms with van der Waals surface area (Å²) in [5, 5.41) is 21.4. The van der Waals surface area contributed by atoms with Crippen LogP contribution < -0.4 is 5.32 Å². The summed E-state index contributed by atoms with van der Waals surface area (Å²) in [5.74, 6) is 0. The second-order valence-electron chi connectivity index (χ2n) is 4.03. The first-order valence-corrected chi connectivity index (χ1v) is 5.82. The minimum absolute atomic E-state index is 0.194. The van der Waals surface area contributed by atoms with Crippen molar-refractivity contribution in [3.05, 3.63) is 33.9 Å². The number of unbranched alkanes of at least 4 members (excludes halogenated alkanes) is 2. The number of nitrogens with one attached hydrogen (secondary N) is 1. The summed E-state index contributed by atoms with van der Waals surface area (Å²) in [6.45, 7) is 0.266. The maximum atomic E-state index is 12.8. The van der Waals surface area contributed by atoms with Crippen molar-refractivity contribution < 1.29 is 18.1 Å². The molecule has 0 aliphatic rings. The van der Waals surface area contributed by atoms with Crippen LogP contribution in [0.1, 0.15) is 24.8 Å². The van der Waals surface area contributed by atoms with Gasteiger partial charge < -0.3 is 5.32 Å². The summed E-state index contributed by atoms with van der Waals surface area (Å²) < 4.78 is 38.4. The highest BCUT2D eigenvalue weighted by Gasteiger charge is 2.35. The quantitative estimate of drug-likeness (QED) is 0.491. The van der Waals surface area contributed by atoms with Gasteiger partial charge in [0.1, 0.15) is 0 Å². The van der Waals surface area contributed by atoms with Crippen molar-refractivity contribution in [2.75, 3.05) is 11.9 Å². The third-order valence-electron chi connectivity index (χ3n) is 2.55. The minimum atomic E-state index is -4.67. The Bertz CT molecular complexity index is 524. The minimum Gasteiger partial charge on any atom is -0.385 e. The van der Waals surface area contributed by atoms with Crippen LogP contribution in [0.3, 0.4) is 0 Å². The van der Waals surface area contributed by atoms with E-state index >= 15 is 0 Å². The summed E-state index contributed by atoms with van der Waals surface area (Å²) in [6, 6.07) is 4.52. The molecule has 0 aliphatic carbocycles. The Hall–Kier alpha value is -2.30. The first-order chi connectivity index (χ1) is 9.36. The molecular formula is C12H12F3N3O2. The van der Waals surface area contributed by atoms with Gasteiger partial charge in [0.05, 0.1) is 16.6 Å². The van der Waals surface area contributed by atoms with Crippen LogP contribution in [0.2, 0.25) is 0 Å². The molecule has 0 fully saturated rings. The van der Waals surface area contributed by atoms with Crippen molar-refractivity contribution in [2.24, 2.45) is 0 Å². The number of hydrogen-bond donors (Lipinski definition) is 1. The third-order valence-corrected chi connectivity index (χ3v) is 2.55. The van der Waals surface area contributed by atoms with Crippen LogP contribution in [0.5, 0.6) is 0 Å². The lowest BCUT2D eigenvalue weighted by molar-refractivity contribution is -0.385. The lowest BCUT2D eigenvalue weighted by Crippen LogP contribution is -2.12. The second-order valence-corrected chi connectivity index (χ2v) is 4.03. The van der Waals surface area contributed by atoms with Crippen molar-refractivity contribution in [1.29, 1.82) is 5.26 Å². The maximum absolute atomic E-state index is 12.8. The molecule has 0 radical (unpaired) electrons. The standard InChI is InChI=1S/C12H12F3N3O2/c13-12(14,15)10-8-9(18(19)20)4-5-11(10)17-7-3-1-2-6-16/h4-5,8,17H,1-3,7H2. The van der Waals surface area contributed by atoms with Gasteiger partial charge in [-0.05, 0) is 18.9 Å². The Morgan fingerprint density at radius 3 is 2.60 bits per heavy atom. The molecule has 1 aromatic carbocycles. The van der Waals surface area contributed by atoms with E-state index in [0.29, 0.717) is 25.3 Å². The lowest BCUT2D eigenvalue weighted by Gasteiger charge is -2.14. The Balaban J connectivity index is 2.85. The van der Waals surface area contributed by atoms with E-state index in [1.165, 1.54) is 0 Å². The molecule has 8 heteroatoms. The van der Waals surface area contributed by atoms with E-state index in [0.717, 1.165) is 12.1 Å². The summed E-state index contributed by atoms with van der Waals surface area (Å²) in [6.07, 6.45) is -3.20. The van der Waals surface area contributed by atoms with E-state index in [4.69, 9.17) is 5.26 Å². The smallest absolute Gasteiger partial charge is 0.385 e. The highest BCUT2D eigenvalue weighted by Crippen LogP contribution is 2.37. The number of halogens is 3. The van der Waals surface area contributed by atoms with Crippen LogP contribution in [0.25, 0.3) is 0 Å². The van der Waals surface area contributed by atoms with Crippen LogP contribution in [0.15, 0.2) is 18.2 Å². The number of nitrogens with zero attached hydrogens (tertiary/aromatic N) is 2. The Morgan fingerprint density at radius 2 is 2.05 bits per heavy atom. The predicted octanol–water partition coefficient (Wildman–Crippen LogP) is 3.72. The number of non-ortho nitro benzene ring substituents is 1. The average Bonchev–Trinajstić information content (AvgIpc) is 2.37. The molecule has 0 amide bonds. The number of nitriles is 1. The van der Waals surface area contributed by atoms with Gasteiger partial charge in [-0.2, -0.15) is 18.4 Å². The fraction of sp³-hybridized carbons (Fsp3) is 0.417. The molecule has 0 heterocycles. The summed E-state index contributed by atoms with van der Waals surface area (Å²) in [4.78, 5) is 9.64. The van der Waals surface area contributed by atoms with Gasteiger partial charge in [-0.15, -0.1) is 0 Å². The largest absolute Gasteiger partial charge is 0.418 e. The molecule has 0 saturated carbocycles. The molecule has 0 aromatic heterocycles. The van der Waals surface area contributed by atoms with E-state index in [-0.39, 0.29) is 12.2 Å². The fourth-order valence-electron chi connectivity index (χ4n) is 1.59. The van der Waals surface area contributed by atoms with Gasteiger partial charge in [-0.3, -0.25) is 10.1 Å². The highest BCUT2D eigenvalue weighted by molar-refractivity contribution is 5.57. The topological polar surface area (TPSA) is 79.0 Å². The zero-order valence-corrected chi connectivity index (χ0v) is 10.4. The fourth-order valence-corrected chi connectivity index (χ4v) is 1.59. The zero-order chi connectivity index (χ0) is 15.2. The maximum Gasteiger partial charge on any atom is 0.418 e. The number of benzene rings is 1. The third kappa shape index (κ3) is 4.42. The molecular weight excluding hydrogens is 275 g/mol. The van der Waals surface area contributed by atoms with Crippen LogP contribution >= 0.6 is 0 Å². The molecule has 1 aromatic rings. The van der Waals surface area contributed by atoms with Crippen LogP contribution in [0.4, 0.5) is 24.5 Å². The van der Waals surface area contributed by atoms with E-state index in [1.807, 2.05) is 6.07 Å². The van der Waals surface area contributed by atoms with E-state index < -0.39 is 22.4 Å². The van der Waals surface area contributed by atoms with Crippen molar-refractivity contribution in [2.45, 2.75) is 25.4 Å². The summed E-state index contributed by atoms with van der Waals surface area (Å²) >= 11 is 0. The monoisotopic (exact) mass is 287 g/mol. The first-order valence-electron chi connectivity index (χ1n) is 5.82. The molecule has 0 saturated heterocycles. The predicted molar refractivity (Wildman–Crippen MR) is 66.1 cm³/mol. The SMILES string of the molecule is N#CCCCCNc1ccc([N+](=O)[O-])cc1C(F)(F)F. The number of rotatable bonds is 6. The summed E-state index contributed by atoms with van der Waals surface area (Å²) in [7, 11) is 0. The van der Waals surface area contributed by atoms with Crippen molar-refractivity contribution in [3.8, 4) is 6.07 Å². The molecule has 108 valence electrons. The number of hydrogen-bond acceptors (Lipinski definition) is 4. The van der Waals surface area contributed by atoms with Gasteiger partial charge in [-0.1, -0.05) is 0 Å². The van der Waals surface area contributed by atoms with Gasteiger partial charge in [0.2, 0.25) is 0 Å². The van der Waals surface area contributed by atoms with E-state index in [1.54, 1.807) is 0 Å². The molecule has 0 aliphatic heterocycles. The Labute approximate surface area is 113 Å². The van der Waals surface area contributed by atoms with Crippen molar-refractivity contribution in [1.82, 2.24) is 0 Å². The van der Waals surface area contributed by atoms with E-state index in [2.05, 4.69) is 5.32 Å². The molecule has 20 heavy (non-hydrogen) atoms. The highest BCUT2D eigenvalue weighted by atomic mass is 19.4. The van der Waals surface area contributed by atoms with Gasteiger partial charge in [0, 0.05) is 30.8 Å². The molecule has 5 nitrogen and oxygen atoms in total. The van der Waals surface area contributed by atoms with E-state index in [9.17, 15) is 23.3 Å². The number of nitro groups is 1. The number of anilines is 1. The van der Waals surface area contributed by atoms with Gasteiger partial charge in [-0.25, -0.2) is 0 Å². The van der Waals surface area contributed by atoms with Gasteiger partial charge in [0.25, 0.3) is 5.69 Å². The van der Waals surface area contributed by atoms with Crippen molar-refractivity contribution in [3.63, 3.8) is 0 Å². The molecule has 0 bridgehead atoms. The molecule has 0 unspecified atom stereocenters. The van der Waals surface area contributed by atoms with Gasteiger partial charge >= 0.3 is 6.18 Å². The Kier molecular flexibility index (Phi) is 5.32.